The lowest BCUT2D eigenvalue weighted by atomic mass is 10.1. The molecule has 0 bridgehead atoms. The van der Waals surface area contributed by atoms with Crippen molar-refractivity contribution in [3.05, 3.63) is 58.2 Å². The molecule has 0 saturated carbocycles. The number of ether oxygens (including phenoxy) is 1. The standard InChI is InChI=1S/C21H18BrN3O4/c1-29-14-3-4-17-15(9-14)12(10-24-17)6-7-23-19(26)11-25-18-5-2-13(22)8-16(18)20(27)21(25)28/h2-5,8-10,24H,6-7,11H2,1H3,(H,23,26). The summed E-state index contributed by atoms with van der Waals surface area (Å²) in [5.74, 6) is -0.831. The molecule has 0 aliphatic carbocycles. The van der Waals surface area contributed by atoms with Crippen LogP contribution < -0.4 is 15.0 Å². The van der Waals surface area contributed by atoms with Crippen molar-refractivity contribution in [2.24, 2.45) is 0 Å². The van der Waals surface area contributed by atoms with E-state index in [0.29, 0.717) is 28.7 Å². The second-order valence-corrected chi connectivity index (χ2v) is 7.62. The molecule has 4 rings (SSSR count). The second-order valence-electron chi connectivity index (χ2n) is 6.71. The van der Waals surface area contributed by atoms with Gasteiger partial charge in [0.1, 0.15) is 12.3 Å². The van der Waals surface area contributed by atoms with E-state index in [9.17, 15) is 14.4 Å². The van der Waals surface area contributed by atoms with Gasteiger partial charge in [-0.1, -0.05) is 15.9 Å². The minimum Gasteiger partial charge on any atom is -0.497 e. The number of amides is 2. The Bertz CT molecular complexity index is 1140. The van der Waals surface area contributed by atoms with Crippen LogP contribution in [0.15, 0.2) is 47.1 Å². The molecule has 0 radical (unpaired) electrons. The molecular formula is C21H18BrN3O4. The Balaban J connectivity index is 1.39. The first-order valence-corrected chi connectivity index (χ1v) is 9.83. The summed E-state index contributed by atoms with van der Waals surface area (Å²) in [6, 6.07) is 10.8. The zero-order valence-electron chi connectivity index (χ0n) is 15.6. The summed E-state index contributed by atoms with van der Waals surface area (Å²) in [6.07, 6.45) is 2.53. The van der Waals surface area contributed by atoms with Gasteiger partial charge in [0, 0.05) is 28.1 Å². The molecule has 29 heavy (non-hydrogen) atoms. The number of Topliss-reactive ketones (excluding diaryl/α,β-unsaturated/α-hetero) is 1. The number of anilines is 1. The lowest BCUT2D eigenvalue weighted by Crippen LogP contribution is -2.40. The summed E-state index contributed by atoms with van der Waals surface area (Å²) in [5.41, 5.74) is 2.82. The van der Waals surface area contributed by atoms with E-state index in [0.717, 1.165) is 22.2 Å². The highest BCUT2D eigenvalue weighted by atomic mass is 79.9. The molecule has 2 amide bonds. The summed E-state index contributed by atoms with van der Waals surface area (Å²) in [4.78, 5) is 41.2. The van der Waals surface area contributed by atoms with Crippen LogP contribution >= 0.6 is 15.9 Å². The lowest BCUT2D eigenvalue weighted by Gasteiger charge is -2.16. The molecule has 3 aromatic rings. The van der Waals surface area contributed by atoms with Gasteiger partial charge in [-0.3, -0.25) is 19.3 Å². The molecule has 2 heterocycles. The van der Waals surface area contributed by atoms with Gasteiger partial charge in [0.25, 0.3) is 11.7 Å². The molecule has 0 unspecified atom stereocenters. The van der Waals surface area contributed by atoms with Gasteiger partial charge in [0.15, 0.2) is 0 Å². The van der Waals surface area contributed by atoms with Crippen LogP contribution in [-0.4, -0.2) is 42.8 Å². The molecule has 8 heteroatoms. The fraction of sp³-hybridized carbons (Fsp3) is 0.190. The third-order valence-corrected chi connectivity index (χ3v) is 5.42. The maximum absolute atomic E-state index is 12.4. The smallest absolute Gasteiger partial charge is 0.299 e. The molecule has 0 saturated heterocycles. The molecule has 2 aromatic carbocycles. The Morgan fingerprint density at radius 2 is 2.03 bits per heavy atom. The van der Waals surface area contributed by atoms with Crippen molar-refractivity contribution < 1.29 is 19.1 Å². The summed E-state index contributed by atoms with van der Waals surface area (Å²) in [6.45, 7) is 0.215. The average Bonchev–Trinajstić information content (AvgIpc) is 3.22. The number of ketones is 1. The molecule has 1 aliphatic rings. The number of rotatable bonds is 6. The Hall–Kier alpha value is -3.13. The molecular weight excluding hydrogens is 438 g/mol. The van der Waals surface area contributed by atoms with Crippen molar-refractivity contribution in [2.75, 3.05) is 25.1 Å². The minimum absolute atomic E-state index is 0.194. The number of H-pyrrole nitrogens is 1. The van der Waals surface area contributed by atoms with Gasteiger partial charge in [-0.2, -0.15) is 0 Å². The monoisotopic (exact) mass is 455 g/mol. The van der Waals surface area contributed by atoms with E-state index < -0.39 is 11.7 Å². The summed E-state index contributed by atoms with van der Waals surface area (Å²) in [5, 5.41) is 3.86. The predicted molar refractivity (Wildman–Crippen MR) is 112 cm³/mol. The fourth-order valence-electron chi connectivity index (χ4n) is 3.46. The molecule has 0 atom stereocenters. The fourth-order valence-corrected chi connectivity index (χ4v) is 3.82. The minimum atomic E-state index is -0.683. The van der Waals surface area contributed by atoms with E-state index >= 15 is 0 Å². The van der Waals surface area contributed by atoms with Crippen molar-refractivity contribution in [3.8, 4) is 5.75 Å². The lowest BCUT2D eigenvalue weighted by molar-refractivity contribution is -0.122. The molecule has 0 fully saturated rings. The van der Waals surface area contributed by atoms with E-state index in [1.807, 2.05) is 24.4 Å². The third kappa shape index (κ3) is 3.63. The first kappa shape index (κ1) is 19.2. The maximum atomic E-state index is 12.4. The number of benzene rings is 2. The molecule has 0 spiro atoms. The van der Waals surface area contributed by atoms with Gasteiger partial charge >= 0.3 is 0 Å². The van der Waals surface area contributed by atoms with Crippen LogP contribution in [0.3, 0.4) is 0 Å². The van der Waals surface area contributed by atoms with Gasteiger partial charge in [0.2, 0.25) is 5.91 Å². The van der Waals surface area contributed by atoms with Crippen LogP contribution in [0.2, 0.25) is 0 Å². The highest BCUT2D eigenvalue weighted by Gasteiger charge is 2.36. The van der Waals surface area contributed by atoms with Crippen molar-refractivity contribution in [3.63, 3.8) is 0 Å². The van der Waals surface area contributed by atoms with E-state index in [1.165, 1.54) is 4.90 Å². The number of hydrogen-bond donors (Lipinski definition) is 2. The number of halogens is 1. The highest BCUT2D eigenvalue weighted by molar-refractivity contribution is 9.10. The quantitative estimate of drug-likeness (QED) is 0.559. The summed E-state index contributed by atoms with van der Waals surface area (Å²) < 4.78 is 5.97. The normalized spacial score (nSPS) is 13.1. The number of methoxy groups -OCH3 is 1. The number of nitrogens with zero attached hydrogens (tertiary/aromatic N) is 1. The van der Waals surface area contributed by atoms with Crippen LogP contribution in [0, 0.1) is 0 Å². The predicted octanol–water partition coefficient (Wildman–Crippen LogP) is 2.83. The Morgan fingerprint density at radius 1 is 1.21 bits per heavy atom. The van der Waals surface area contributed by atoms with Gasteiger partial charge < -0.3 is 15.0 Å². The topological polar surface area (TPSA) is 91.5 Å². The number of carbonyl (C=O) groups is 3. The first-order chi connectivity index (χ1) is 14.0. The van der Waals surface area contributed by atoms with E-state index in [-0.39, 0.29) is 12.5 Å². The molecule has 148 valence electrons. The van der Waals surface area contributed by atoms with Crippen LogP contribution in [-0.2, 0) is 16.0 Å². The molecule has 1 aromatic heterocycles. The van der Waals surface area contributed by atoms with Crippen molar-refractivity contribution in [1.82, 2.24) is 10.3 Å². The van der Waals surface area contributed by atoms with Crippen molar-refractivity contribution in [2.45, 2.75) is 6.42 Å². The molecule has 1 aliphatic heterocycles. The first-order valence-electron chi connectivity index (χ1n) is 9.04. The van der Waals surface area contributed by atoms with Crippen molar-refractivity contribution in [1.29, 1.82) is 0 Å². The highest BCUT2D eigenvalue weighted by Crippen LogP contribution is 2.31. The van der Waals surface area contributed by atoms with Crippen LogP contribution in [0.25, 0.3) is 10.9 Å². The van der Waals surface area contributed by atoms with E-state index in [2.05, 4.69) is 26.2 Å². The largest absolute Gasteiger partial charge is 0.497 e. The number of carbonyl (C=O) groups excluding carboxylic acids is 3. The number of fused-ring (bicyclic) bond motifs is 2. The van der Waals surface area contributed by atoms with Gasteiger partial charge in [-0.15, -0.1) is 0 Å². The van der Waals surface area contributed by atoms with Gasteiger partial charge in [-0.25, -0.2) is 0 Å². The van der Waals surface area contributed by atoms with Crippen LogP contribution in [0.1, 0.15) is 15.9 Å². The molecule has 2 N–H and O–H groups in total. The molecule has 7 nitrogen and oxygen atoms in total. The maximum Gasteiger partial charge on any atom is 0.299 e. The Kier molecular flexibility index (Phi) is 5.10. The van der Waals surface area contributed by atoms with Gasteiger partial charge in [0.05, 0.1) is 18.4 Å². The SMILES string of the molecule is COc1ccc2[nH]cc(CCNC(=O)CN3C(=O)C(=O)c4cc(Br)ccc43)c2c1. The number of aromatic amines is 1. The average molecular weight is 456 g/mol. The van der Waals surface area contributed by atoms with E-state index in [4.69, 9.17) is 4.74 Å². The third-order valence-electron chi connectivity index (χ3n) is 4.93. The van der Waals surface area contributed by atoms with Gasteiger partial charge in [-0.05, 0) is 48.4 Å². The number of hydrogen-bond acceptors (Lipinski definition) is 4. The Labute approximate surface area is 175 Å². The van der Waals surface area contributed by atoms with Crippen molar-refractivity contribution >= 4 is 50.1 Å². The summed E-state index contributed by atoms with van der Waals surface area (Å²) >= 11 is 3.29. The van der Waals surface area contributed by atoms with Crippen LogP contribution in [0.4, 0.5) is 5.69 Å². The second kappa shape index (κ2) is 7.71. The number of aromatic nitrogens is 1. The zero-order valence-corrected chi connectivity index (χ0v) is 17.2. The summed E-state index contributed by atoms with van der Waals surface area (Å²) in [7, 11) is 1.62. The Morgan fingerprint density at radius 3 is 2.83 bits per heavy atom. The zero-order chi connectivity index (χ0) is 20.5. The number of nitrogens with one attached hydrogen (secondary N) is 2. The van der Waals surface area contributed by atoms with Crippen LogP contribution in [0.5, 0.6) is 5.75 Å². The van der Waals surface area contributed by atoms with E-state index in [1.54, 1.807) is 25.3 Å².